The van der Waals surface area contributed by atoms with Gasteiger partial charge in [0, 0.05) is 34.4 Å². The fourth-order valence-corrected chi connectivity index (χ4v) is 3.24. The minimum absolute atomic E-state index is 0.0238. The van der Waals surface area contributed by atoms with E-state index in [1.54, 1.807) is 35.0 Å². The molecule has 0 radical (unpaired) electrons. The molecule has 1 saturated carbocycles. The molecule has 0 atom stereocenters. The molecule has 3 aromatic rings. The van der Waals surface area contributed by atoms with Crippen LogP contribution >= 0.6 is 0 Å². The first-order valence-corrected chi connectivity index (χ1v) is 9.42. The van der Waals surface area contributed by atoms with Gasteiger partial charge in [-0.1, -0.05) is 24.3 Å². The maximum absolute atomic E-state index is 12.6. The van der Waals surface area contributed by atoms with Crippen LogP contribution in [0.1, 0.15) is 33.6 Å². The molecule has 1 heterocycles. The second-order valence-corrected chi connectivity index (χ2v) is 7.06. The lowest BCUT2D eigenvalue weighted by Crippen LogP contribution is -2.25. The fourth-order valence-electron chi connectivity index (χ4n) is 3.24. The molecular formula is C22H21N3O4. The first kappa shape index (κ1) is 18.7. The topological polar surface area (TPSA) is 89.4 Å². The number of rotatable bonds is 6. The van der Waals surface area contributed by atoms with Crippen molar-refractivity contribution in [2.45, 2.75) is 25.4 Å². The molecule has 2 N–H and O–H groups in total. The number of anilines is 1. The number of nitrogens with zero attached hydrogens (tertiary/aromatic N) is 1. The van der Waals surface area contributed by atoms with Crippen LogP contribution in [0.3, 0.4) is 0 Å². The molecule has 1 aliphatic rings. The minimum atomic E-state index is -0.449. The van der Waals surface area contributed by atoms with Crippen LogP contribution in [0.4, 0.5) is 5.69 Å². The van der Waals surface area contributed by atoms with E-state index in [-0.39, 0.29) is 24.4 Å². The molecule has 7 nitrogen and oxygen atoms in total. The zero-order valence-corrected chi connectivity index (χ0v) is 16.0. The predicted molar refractivity (Wildman–Crippen MR) is 109 cm³/mol. The summed E-state index contributed by atoms with van der Waals surface area (Å²) < 4.78 is 6.54. The van der Waals surface area contributed by atoms with Crippen molar-refractivity contribution in [3.63, 3.8) is 0 Å². The highest BCUT2D eigenvalue weighted by molar-refractivity contribution is 6.05. The Kier molecular flexibility index (Phi) is 5.03. The average molecular weight is 391 g/mol. The van der Waals surface area contributed by atoms with Gasteiger partial charge in [0.25, 0.3) is 5.91 Å². The van der Waals surface area contributed by atoms with Gasteiger partial charge in [0.05, 0.1) is 12.7 Å². The fraction of sp³-hybridized carbons (Fsp3) is 0.227. The lowest BCUT2D eigenvalue weighted by molar-refractivity contribution is -0.116. The van der Waals surface area contributed by atoms with Crippen LogP contribution in [0.2, 0.25) is 0 Å². The molecule has 1 aromatic heterocycles. The van der Waals surface area contributed by atoms with E-state index >= 15 is 0 Å². The van der Waals surface area contributed by atoms with Crippen LogP contribution in [0, 0.1) is 0 Å². The van der Waals surface area contributed by atoms with Gasteiger partial charge in [-0.05, 0) is 37.1 Å². The number of methoxy groups -OCH3 is 1. The summed E-state index contributed by atoms with van der Waals surface area (Å²) in [4.78, 5) is 36.8. The summed E-state index contributed by atoms with van der Waals surface area (Å²) in [7, 11) is 1.33. The van der Waals surface area contributed by atoms with Crippen molar-refractivity contribution in [1.29, 1.82) is 0 Å². The van der Waals surface area contributed by atoms with Gasteiger partial charge in [0.2, 0.25) is 5.91 Å². The molecule has 2 amide bonds. The Hall–Kier alpha value is -3.61. The van der Waals surface area contributed by atoms with Gasteiger partial charge in [0.15, 0.2) is 0 Å². The maximum Gasteiger partial charge on any atom is 0.340 e. The van der Waals surface area contributed by atoms with Crippen molar-refractivity contribution in [2.24, 2.45) is 0 Å². The number of nitrogens with one attached hydrogen (secondary N) is 2. The van der Waals surface area contributed by atoms with Crippen LogP contribution in [-0.4, -0.2) is 35.5 Å². The van der Waals surface area contributed by atoms with Crippen LogP contribution in [0.5, 0.6) is 0 Å². The first-order chi connectivity index (χ1) is 14.0. The molecule has 0 aliphatic heterocycles. The normalized spacial score (nSPS) is 13.1. The van der Waals surface area contributed by atoms with Crippen molar-refractivity contribution in [2.75, 3.05) is 12.4 Å². The van der Waals surface area contributed by atoms with E-state index < -0.39 is 5.97 Å². The molecule has 1 aliphatic carbocycles. The van der Waals surface area contributed by atoms with Crippen LogP contribution in [-0.2, 0) is 16.1 Å². The number of esters is 1. The quantitative estimate of drug-likeness (QED) is 0.632. The van der Waals surface area contributed by atoms with Gasteiger partial charge < -0.3 is 19.9 Å². The minimum Gasteiger partial charge on any atom is -0.465 e. The molecular weight excluding hydrogens is 370 g/mol. The van der Waals surface area contributed by atoms with E-state index in [1.165, 1.54) is 7.11 Å². The highest BCUT2D eigenvalue weighted by atomic mass is 16.5. The van der Waals surface area contributed by atoms with Gasteiger partial charge in [-0.15, -0.1) is 0 Å². The second-order valence-electron chi connectivity index (χ2n) is 7.06. The van der Waals surface area contributed by atoms with E-state index in [0.29, 0.717) is 16.8 Å². The third-order valence-electron chi connectivity index (χ3n) is 4.83. The molecule has 2 aromatic carbocycles. The molecule has 148 valence electrons. The molecule has 1 fully saturated rings. The van der Waals surface area contributed by atoms with Gasteiger partial charge in [-0.2, -0.15) is 0 Å². The molecule has 7 heteroatoms. The van der Waals surface area contributed by atoms with Crippen molar-refractivity contribution in [3.8, 4) is 0 Å². The van der Waals surface area contributed by atoms with Crippen molar-refractivity contribution < 1.29 is 19.1 Å². The number of fused-ring (bicyclic) bond motifs is 1. The number of para-hydroxylation sites is 1. The summed E-state index contributed by atoms with van der Waals surface area (Å²) in [5.41, 5.74) is 2.23. The Balaban J connectivity index is 1.50. The summed E-state index contributed by atoms with van der Waals surface area (Å²) in [6.45, 7) is 0.0238. The Labute approximate surface area is 167 Å². The van der Waals surface area contributed by atoms with Crippen LogP contribution in [0.25, 0.3) is 10.9 Å². The van der Waals surface area contributed by atoms with E-state index in [0.717, 1.165) is 23.7 Å². The SMILES string of the molecule is COC(=O)c1cn(CC(=O)Nc2cccc(C(=O)NC3CC3)c2)c2ccccc12. The summed E-state index contributed by atoms with van der Waals surface area (Å²) in [5, 5.41) is 6.47. The number of aromatic nitrogens is 1. The van der Waals surface area contributed by atoms with Crippen molar-refractivity contribution in [3.05, 3.63) is 65.9 Å². The highest BCUT2D eigenvalue weighted by Gasteiger charge is 2.24. The molecule has 4 rings (SSSR count). The number of hydrogen-bond acceptors (Lipinski definition) is 4. The van der Waals surface area contributed by atoms with E-state index in [1.807, 2.05) is 24.3 Å². The summed E-state index contributed by atoms with van der Waals surface area (Å²) in [5.74, 6) is -0.848. The molecule has 0 bridgehead atoms. The largest absolute Gasteiger partial charge is 0.465 e. The third-order valence-corrected chi connectivity index (χ3v) is 4.83. The van der Waals surface area contributed by atoms with E-state index in [2.05, 4.69) is 10.6 Å². The maximum atomic E-state index is 12.6. The summed E-state index contributed by atoms with van der Waals surface area (Å²) in [6, 6.07) is 14.5. The van der Waals surface area contributed by atoms with E-state index in [4.69, 9.17) is 4.74 Å². The van der Waals surface area contributed by atoms with E-state index in [9.17, 15) is 14.4 Å². The second kappa shape index (κ2) is 7.79. The number of amides is 2. The number of carbonyl (C=O) groups excluding carboxylic acids is 3. The monoisotopic (exact) mass is 391 g/mol. The standard InChI is InChI=1S/C22H21N3O4/c1-29-22(28)18-12-25(19-8-3-2-7-17(18)19)13-20(26)23-16-6-4-5-14(11-16)21(27)24-15-9-10-15/h2-8,11-12,15H,9-10,13H2,1H3,(H,23,26)(H,24,27). The van der Waals surface area contributed by atoms with Gasteiger partial charge in [-0.3, -0.25) is 9.59 Å². The summed E-state index contributed by atoms with van der Waals surface area (Å²) >= 11 is 0. The molecule has 0 spiro atoms. The van der Waals surface area contributed by atoms with Crippen LogP contribution in [0.15, 0.2) is 54.7 Å². The number of ether oxygens (including phenoxy) is 1. The number of hydrogen-bond donors (Lipinski definition) is 2. The zero-order valence-electron chi connectivity index (χ0n) is 16.0. The summed E-state index contributed by atoms with van der Waals surface area (Å²) in [6.07, 6.45) is 3.65. The lowest BCUT2D eigenvalue weighted by Gasteiger charge is -2.09. The van der Waals surface area contributed by atoms with Crippen molar-refractivity contribution >= 4 is 34.4 Å². The highest BCUT2D eigenvalue weighted by Crippen LogP contribution is 2.23. The molecule has 0 saturated heterocycles. The van der Waals surface area contributed by atoms with Gasteiger partial charge in [-0.25, -0.2) is 4.79 Å². The Morgan fingerprint density at radius 3 is 2.66 bits per heavy atom. The average Bonchev–Trinajstić information content (AvgIpc) is 3.47. The third kappa shape index (κ3) is 4.13. The molecule has 0 unspecified atom stereocenters. The smallest absolute Gasteiger partial charge is 0.340 e. The first-order valence-electron chi connectivity index (χ1n) is 9.42. The number of carbonyl (C=O) groups is 3. The zero-order chi connectivity index (χ0) is 20.4. The Morgan fingerprint density at radius 1 is 1.10 bits per heavy atom. The van der Waals surface area contributed by atoms with Crippen molar-refractivity contribution in [1.82, 2.24) is 9.88 Å². The molecule has 29 heavy (non-hydrogen) atoms. The number of benzene rings is 2. The van der Waals surface area contributed by atoms with Crippen LogP contribution < -0.4 is 10.6 Å². The van der Waals surface area contributed by atoms with Gasteiger partial charge in [0.1, 0.15) is 6.54 Å². The Morgan fingerprint density at radius 2 is 1.90 bits per heavy atom. The lowest BCUT2D eigenvalue weighted by atomic mass is 10.2. The van der Waals surface area contributed by atoms with Gasteiger partial charge >= 0.3 is 5.97 Å². The predicted octanol–water partition coefficient (Wildman–Crippen LogP) is 2.96. The Bertz CT molecular complexity index is 1100.